The second-order valence-electron chi connectivity index (χ2n) is 4.60. The average molecular weight is 349 g/mol. The molecule has 1 N–H and O–H groups in total. The molecule has 2 heterocycles. The fourth-order valence-electron chi connectivity index (χ4n) is 1.95. The van der Waals surface area contributed by atoms with E-state index in [1.165, 1.54) is 0 Å². The van der Waals surface area contributed by atoms with E-state index in [0.29, 0.717) is 24.5 Å². The highest BCUT2D eigenvalue weighted by molar-refractivity contribution is 9.10. The standard InChI is InChI=1S/C15H17BrN4O/c1-3-18-14-13(7-12(16)9-19-14)15(21)20(2)10-11-5-4-6-17-8-11/h4-9H,3,10H2,1-2H3,(H,18,19). The molecule has 0 bridgehead atoms. The van der Waals surface area contributed by atoms with Crippen molar-refractivity contribution in [2.45, 2.75) is 13.5 Å². The first kappa shape index (κ1) is 15.4. The molecule has 0 saturated carbocycles. The van der Waals surface area contributed by atoms with E-state index in [-0.39, 0.29) is 5.91 Å². The monoisotopic (exact) mass is 348 g/mol. The molecule has 2 aromatic heterocycles. The molecule has 0 radical (unpaired) electrons. The Hall–Kier alpha value is -1.95. The highest BCUT2D eigenvalue weighted by Crippen LogP contribution is 2.20. The van der Waals surface area contributed by atoms with Crippen molar-refractivity contribution in [3.8, 4) is 0 Å². The van der Waals surface area contributed by atoms with Crippen LogP contribution in [0.3, 0.4) is 0 Å². The van der Waals surface area contributed by atoms with Gasteiger partial charge in [-0.15, -0.1) is 0 Å². The van der Waals surface area contributed by atoms with E-state index in [1.54, 1.807) is 36.6 Å². The van der Waals surface area contributed by atoms with E-state index >= 15 is 0 Å². The fraction of sp³-hybridized carbons (Fsp3) is 0.267. The van der Waals surface area contributed by atoms with Crippen LogP contribution in [0.15, 0.2) is 41.3 Å². The van der Waals surface area contributed by atoms with E-state index in [1.807, 2.05) is 19.1 Å². The third-order valence-electron chi connectivity index (χ3n) is 2.92. The summed E-state index contributed by atoms with van der Waals surface area (Å²) in [4.78, 5) is 22.6. The molecule has 0 aliphatic carbocycles. The smallest absolute Gasteiger partial charge is 0.257 e. The summed E-state index contributed by atoms with van der Waals surface area (Å²) in [6.07, 6.45) is 5.15. The Bertz CT molecular complexity index is 618. The number of aromatic nitrogens is 2. The van der Waals surface area contributed by atoms with Crippen LogP contribution in [0.2, 0.25) is 0 Å². The molecule has 0 atom stereocenters. The van der Waals surface area contributed by atoms with Gasteiger partial charge in [-0.25, -0.2) is 4.98 Å². The molecule has 0 aromatic carbocycles. The summed E-state index contributed by atoms with van der Waals surface area (Å²) >= 11 is 3.36. The van der Waals surface area contributed by atoms with Gasteiger partial charge in [-0.2, -0.15) is 0 Å². The van der Waals surface area contributed by atoms with E-state index in [9.17, 15) is 4.79 Å². The number of nitrogens with zero attached hydrogens (tertiary/aromatic N) is 3. The van der Waals surface area contributed by atoms with E-state index in [4.69, 9.17) is 0 Å². The first-order valence-electron chi connectivity index (χ1n) is 6.65. The Morgan fingerprint density at radius 1 is 1.43 bits per heavy atom. The molecule has 2 aromatic rings. The zero-order valence-corrected chi connectivity index (χ0v) is 13.6. The Balaban J connectivity index is 2.20. The molecule has 0 saturated heterocycles. The Kier molecular flexibility index (Phi) is 5.27. The van der Waals surface area contributed by atoms with Gasteiger partial charge in [-0.3, -0.25) is 9.78 Å². The van der Waals surface area contributed by atoms with E-state index in [2.05, 4.69) is 31.2 Å². The van der Waals surface area contributed by atoms with E-state index in [0.717, 1.165) is 10.0 Å². The molecule has 0 unspecified atom stereocenters. The highest BCUT2D eigenvalue weighted by atomic mass is 79.9. The Morgan fingerprint density at radius 2 is 2.24 bits per heavy atom. The predicted molar refractivity (Wildman–Crippen MR) is 86.1 cm³/mol. The number of hydrogen-bond donors (Lipinski definition) is 1. The molecule has 0 aliphatic rings. The van der Waals surface area contributed by atoms with Crippen LogP contribution in [0.1, 0.15) is 22.8 Å². The minimum atomic E-state index is -0.0800. The van der Waals surface area contributed by atoms with Gasteiger partial charge in [0.15, 0.2) is 0 Å². The van der Waals surface area contributed by atoms with Gasteiger partial charge in [0.05, 0.1) is 5.56 Å². The van der Waals surface area contributed by atoms with Gasteiger partial charge in [0.25, 0.3) is 5.91 Å². The maximum atomic E-state index is 12.6. The number of carbonyl (C=O) groups is 1. The molecule has 0 fully saturated rings. The molecule has 21 heavy (non-hydrogen) atoms. The molecule has 1 amide bonds. The Labute approximate surface area is 132 Å². The second kappa shape index (κ2) is 7.17. The molecule has 0 aliphatic heterocycles. The molecule has 2 rings (SSSR count). The molecule has 0 spiro atoms. The molecule has 6 heteroatoms. The summed E-state index contributed by atoms with van der Waals surface area (Å²) in [6, 6.07) is 5.59. The van der Waals surface area contributed by atoms with Crippen LogP contribution in [-0.4, -0.2) is 34.4 Å². The van der Waals surface area contributed by atoms with Crippen molar-refractivity contribution in [2.75, 3.05) is 18.9 Å². The van der Waals surface area contributed by atoms with Gasteiger partial charge in [0, 0.05) is 43.2 Å². The number of amides is 1. The van der Waals surface area contributed by atoms with Gasteiger partial charge in [0.2, 0.25) is 0 Å². The van der Waals surface area contributed by atoms with Crippen LogP contribution in [0.25, 0.3) is 0 Å². The van der Waals surface area contributed by atoms with Gasteiger partial charge < -0.3 is 10.2 Å². The first-order chi connectivity index (χ1) is 10.1. The number of nitrogens with one attached hydrogen (secondary N) is 1. The van der Waals surface area contributed by atoms with Gasteiger partial charge in [0.1, 0.15) is 5.82 Å². The summed E-state index contributed by atoms with van der Waals surface area (Å²) in [7, 11) is 1.77. The SMILES string of the molecule is CCNc1ncc(Br)cc1C(=O)N(C)Cc1cccnc1. The van der Waals surface area contributed by atoms with E-state index < -0.39 is 0 Å². The normalized spacial score (nSPS) is 10.2. The Morgan fingerprint density at radius 3 is 2.90 bits per heavy atom. The van der Waals surface area contributed by atoms with Crippen LogP contribution in [0.5, 0.6) is 0 Å². The summed E-state index contributed by atoms with van der Waals surface area (Å²) < 4.78 is 0.780. The molecule has 110 valence electrons. The lowest BCUT2D eigenvalue weighted by Gasteiger charge is -2.19. The van der Waals surface area contributed by atoms with Crippen molar-refractivity contribution >= 4 is 27.7 Å². The first-order valence-corrected chi connectivity index (χ1v) is 7.45. The van der Waals surface area contributed by atoms with Gasteiger partial charge in [-0.05, 0) is 40.5 Å². The fourth-order valence-corrected chi connectivity index (χ4v) is 2.28. The average Bonchev–Trinajstić information content (AvgIpc) is 2.49. The van der Waals surface area contributed by atoms with Crippen LogP contribution >= 0.6 is 15.9 Å². The quantitative estimate of drug-likeness (QED) is 0.902. The zero-order chi connectivity index (χ0) is 15.2. The maximum absolute atomic E-state index is 12.6. The van der Waals surface area contributed by atoms with Crippen LogP contribution in [-0.2, 0) is 6.54 Å². The third kappa shape index (κ3) is 4.01. The van der Waals surface area contributed by atoms with Crippen LogP contribution in [0.4, 0.5) is 5.82 Å². The number of rotatable bonds is 5. The lowest BCUT2D eigenvalue weighted by molar-refractivity contribution is 0.0785. The molecular weight excluding hydrogens is 332 g/mol. The van der Waals surface area contributed by atoms with Crippen LogP contribution in [0, 0.1) is 0 Å². The lowest BCUT2D eigenvalue weighted by Crippen LogP contribution is -2.27. The highest BCUT2D eigenvalue weighted by Gasteiger charge is 2.17. The lowest BCUT2D eigenvalue weighted by atomic mass is 10.2. The van der Waals surface area contributed by atoms with Crippen molar-refractivity contribution in [2.24, 2.45) is 0 Å². The van der Waals surface area contributed by atoms with Gasteiger partial charge in [-0.1, -0.05) is 6.07 Å². The van der Waals surface area contributed by atoms with Crippen molar-refractivity contribution < 1.29 is 4.79 Å². The zero-order valence-electron chi connectivity index (χ0n) is 12.0. The molecule has 5 nitrogen and oxygen atoms in total. The number of hydrogen-bond acceptors (Lipinski definition) is 4. The maximum Gasteiger partial charge on any atom is 0.257 e. The van der Waals surface area contributed by atoms with Crippen molar-refractivity contribution in [1.82, 2.24) is 14.9 Å². The number of carbonyl (C=O) groups excluding carboxylic acids is 1. The van der Waals surface area contributed by atoms with Crippen molar-refractivity contribution in [3.05, 3.63) is 52.4 Å². The molecular formula is C15H17BrN4O. The predicted octanol–water partition coefficient (Wildman–Crippen LogP) is 2.94. The summed E-state index contributed by atoms with van der Waals surface area (Å²) in [5.74, 6) is 0.521. The minimum Gasteiger partial charge on any atom is -0.370 e. The second-order valence-corrected chi connectivity index (χ2v) is 5.52. The summed E-state index contributed by atoms with van der Waals surface area (Å²) in [6.45, 7) is 3.18. The van der Waals surface area contributed by atoms with Crippen molar-refractivity contribution in [1.29, 1.82) is 0 Å². The van der Waals surface area contributed by atoms with Crippen molar-refractivity contribution in [3.63, 3.8) is 0 Å². The van der Waals surface area contributed by atoms with Gasteiger partial charge >= 0.3 is 0 Å². The third-order valence-corrected chi connectivity index (χ3v) is 3.35. The number of pyridine rings is 2. The summed E-state index contributed by atoms with van der Waals surface area (Å²) in [5, 5.41) is 3.11. The topological polar surface area (TPSA) is 58.1 Å². The minimum absolute atomic E-state index is 0.0800. The summed E-state index contributed by atoms with van der Waals surface area (Å²) in [5.41, 5.74) is 1.54. The van der Waals surface area contributed by atoms with Crippen LogP contribution < -0.4 is 5.32 Å². The number of anilines is 1. The number of halogens is 1. The largest absolute Gasteiger partial charge is 0.370 e.